The van der Waals surface area contributed by atoms with Crippen LogP contribution >= 0.6 is 0 Å². The van der Waals surface area contributed by atoms with E-state index in [0.29, 0.717) is 24.4 Å². The highest BCUT2D eigenvalue weighted by Crippen LogP contribution is 2.20. The molecule has 0 aliphatic carbocycles. The van der Waals surface area contributed by atoms with E-state index in [1.54, 1.807) is 12.1 Å². The van der Waals surface area contributed by atoms with Gasteiger partial charge in [-0.15, -0.1) is 0 Å². The lowest BCUT2D eigenvalue weighted by molar-refractivity contribution is -0.123. The van der Waals surface area contributed by atoms with Crippen LogP contribution in [0.15, 0.2) is 42.5 Å². The summed E-state index contributed by atoms with van der Waals surface area (Å²) in [4.78, 5) is 23.7. The second kappa shape index (κ2) is 8.87. The van der Waals surface area contributed by atoms with Gasteiger partial charge in [-0.1, -0.05) is 29.8 Å². The molecule has 2 amide bonds. The number of nitrogens with one attached hydrogen (secondary N) is 2. The van der Waals surface area contributed by atoms with Gasteiger partial charge in [0.25, 0.3) is 11.8 Å². The molecule has 2 aromatic rings. The first kappa shape index (κ1) is 18.5. The number of benzene rings is 2. The van der Waals surface area contributed by atoms with Crippen LogP contribution in [0.4, 0.5) is 0 Å². The fourth-order valence-electron chi connectivity index (χ4n) is 2.26. The first-order valence-electron chi connectivity index (χ1n) is 8.28. The SMILES string of the molecule is Cc1ccc(C(=O)NCCNC(=O)COc2cccc(C)c2C)cc1. The van der Waals surface area contributed by atoms with Crippen molar-refractivity contribution in [2.75, 3.05) is 19.7 Å². The second-order valence-corrected chi connectivity index (χ2v) is 5.96. The van der Waals surface area contributed by atoms with Gasteiger partial charge in [0.2, 0.25) is 0 Å². The third kappa shape index (κ3) is 5.64. The molecular formula is C20H24N2O3. The van der Waals surface area contributed by atoms with E-state index < -0.39 is 0 Å². The molecule has 25 heavy (non-hydrogen) atoms. The Morgan fingerprint density at radius 2 is 1.60 bits per heavy atom. The maximum absolute atomic E-state index is 11.9. The van der Waals surface area contributed by atoms with E-state index in [0.717, 1.165) is 16.7 Å². The van der Waals surface area contributed by atoms with Crippen LogP contribution in [0.5, 0.6) is 5.75 Å². The number of carbonyl (C=O) groups excluding carboxylic acids is 2. The number of amides is 2. The van der Waals surface area contributed by atoms with Crippen LogP contribution < -0.4 is 15.4 Å². The molecule has 0 aliphatic heterocycles. The summed E-state index contributed by atoms with van der Waals surface area (Å²) in [5, 5.41) is 5.49. The second-order valence-electron chi connectivity index (χ2n) is 5.96. The maximum atomic E-state index is 11.9. The molecule has 0 bridgehead atoms. The molecular weight excluding hydrogens is 316 g/mol. The molecule has 2 aromatic carbocycles. The van der Waals surface area contributed by atoms with Crippen molar-refractivity contribution >= 4 is 11.8 Å². The quantitative estimate of drug-likeness (QED) is 0.761. The highest BCUT2D eigenvalue weighted by atomic mass is 16.5. The molecule has 132 valence electrons. The number of rotatable bonds is 7. The summed E-state index contributed by atoms with van der Waals surface area (Å²) in [6.07, 6.45) is 0. The van der Waals surface area contributed by atoms with Crippen molar-refractivity contribution in [2.24, 2.45) is 0 Å². The molecule has 0 spiro atoms. The van der Waals surface area contributed by atoms with Crippen molar-refractivity contribution in [1.29, 1.82) is 0 Å². The minimum absolute atomic E-state index is 0.0454. The van der Waals surface area contributed by atoms with Gasteiger partial charge in [0.05, 0.1) is 0 Å². The van der Waals surface area contributed by atoms with Gasteiger partial charge in [-0.3, -0.25) is 9.59 Å². The Morgan fingerprint density at radius 3 is 2.32 bits per heavy atom. The van der Waals surface area contributed by atoms with Gasteiger partial charge in [0, 0.05) is 18.7 Å². The molecule has 0 saturated heterocycles. The van der Waals surface area contributed by atoms with E-state index in [1.807, 2.05) is 51.1 Å². The van der Waals surface area contributed by atoms with E-state index in [9.17, 15) is 9.59 Å². The van der Waals surface area contributed by atoms with Crippen molar-refractivity contribution in [3.8, 4) is 5.75 Å². The summed E-state index contributed by atoms with van der Waals surface area (Å²) in [6, 6.07) is 13.1. The molecule has 5 nitrogen and oxygen atoms in total. The molecule has 0 aliphatic rings. The van der Waals surface area contributed by atoms with Crippen molar-refractivity contribution < 1.29 is 14.3 Å². The predicted octanol–water partition coefficient (Wildman–Crippen LogP) is 2.54. The fourth-order valence-corrected chi connectivity index (χ4v) is 2.26. The Bertz CT molecular complexity index is 739. The molecule has 0 fully saturated rings. The van der Waals surface area contributed by atoms with Crippen molar-refractivity contribution in [3.63, 3.8) is 0 Å². The Hall–Kier alpha value is -2.82. The average Bonchev–Trinajstić information content (AvgIpc) is 2.60. The minimum atomic E-state index is -0.217. The van der Waals surface area contributed by atoms with Crippen LogP contribution in [0.25, 0.3) is 0 Å². The van der Waals surface area contributed by atoms with E-state index >= 15 is 0 Å². The summed E-state index contributed by atoms with van der Waals surface area (Å²) in [5.41, 5.74) is 3.86. The van der Waals surface area contributed by atoms with Gasteiger partial charge in [-0.25, -0.2) is 0 Å². The summed E-state index contributed by atoms with van der Waals surface area (Å²) in [6.45, 7) is 6.60. The zero-order valence-corrected chi connectivity index (χ0v) is 14.9. The molecule has 2 N–H and O–H groups in total. The predicted molar refractivity (Wildman–Crippen MR) is 97.9 cm³/mol. The van der Waals surface area contributed by atoms with Crippen molar-refractivity contribution in [3.05, 3.63) is 64.7 Å². The number of hydrogen-bond acceptors (Lipinski definition) is 3. The topological polar surface area (TPSA) is 67.4 Å². The van der Waals surface area contributed by atoms with Crippen LogP contribution in [0.3, 0.4) is 0 Å². The van der Waals surface area contributed by atoms with Crippen molar-refractivity contribution in [1.82, 2.24) is 10.6 Å². The van der Waals surface area contributed by atoms with Gasteiger partial charge >= 0.3 is 0 Å². The van der Waals surface area contributed by atoms with Crippen LogP contribution in [0.2, 0.25) is 0 Å². The van der Waals surface area contributed by atoms with Gasteiger partial charge in [-0.05, 0) is 50.1 Å². The number of hydrogen-bond donors (Lipinski definition) is 2. The highest BCUT2D eigenvalue weighted by Gasteiger charge is 2.07. The summed E-state index contributed by atoms with van der Waals surface area (Å²) >= 11 is 0. The normalized spacial score (nSPS) is 10.2. The number of carbonyl (C=O) groups is 2. The molecule has 5 heteroatoms. The smallest absolute Gasteiger partial charge is 0.258 e. The summed E-state index contributed by atoms with van der Waals surface area (Å²) < 4.78 is 5.54. The lowest BCUT2D eigenvalue weighted by Gasteiger charge is -2.11. The Morgan fingerprint density at radius 1 is 0.920 bits per heavy atom. The molecule has 0 atom stereocenters. The summed E-state index contributed by atoms with van der Waals surface area (Å²) in [7, 11) is 0. The molecule has 0 unspecified atom stereocenters. The van der Waals surface area contributed by atoms with E-state index in [-0.39, 0.29) is 18.4 Å². The average molecular weight is 340 g/mol. The summed E-state index contributed by atoms with van der Waals surface area (Å²) in [5.74, 6) is 0.342. The van der Waals surface area contributed by atoms with E-state index in [1.165, 1.54) is 0 Å². The largest absolute Gasteiger partial charge is 0.483 e. The van der Waals surface area contributed by atoms with Gasteiger partial charge in [-0.2, -0.15) is 0 Å². The first-order chi connectivity index (χ1) is 12.0. The molecule has 0 heterocycles. The van der Waals surface area contributed by atoms with Crippen LogP contribution in [0, 0.1) is 20.8 Å². The van der Waals surface area contributed by atoms with E-state index in [4.69, 9.17) is 4.74 Å². The Balaban J connectivity index is 1.67. The Kier molecular flexibility index (Phi) is 6.57. The number of ether oxygens (including phenoxy) is 1. The van der Waals surface area contributed by atoms with Gasteiger partial charge in [0.1, 0.15) is 5.75 Å². The van der Waals surface area contributed by atoms with E-state index in [2.05, 4.69) is 10.6 Å². The molecule has 2 rings (SSSR count). The maximum Gasteiger partial charge on any atom is 0.258 e. The number of aryl methyl sites for hydroxylation is 2. The molecule has 0 radical (unpaired) electrons. The standard InChI is InChI=1S/C20H24N2O3/c1-14-7-9-17(10-8-14)20(24)22-12-11-21-19(23)13-25-18-6-4-5-15(2)16(18)3/h4-10H,11-13H2,1-3H3,(H,21,23)(H,22,24). The van der Waals surface area contributed by atoms with Gasteiger partial charge in [0.15, 0.2) is 6.61 Å². The van der Waals surface area contributed by atoms with Gasteiger partial charge < -0.3 is 15.4 Å². The third-order valence-electron chi connectivity index (χ3n) is 3.96. The lowest BCUT2D eigenvalue weighted by atomic mass is 10.1. The first-order valence-corrected chi connectivity index (χ1v) is 8.28. The third-order valence-corrected chi connectivity index (χ3v) is 3.96. The highest BCUT2D eigenvalue weighted by molar-refractivity contribution is 5.94. The zero-order valence-electron chi connectivity index (χ0n) is 14.9. The lowest BCUT2D eigenvalue weighted by Crippen LogP contribution is -2.36. The van der Waals surface area contributed by atoms with Crippen LogP contribution in [-0.2, 0) is 4.79 Å². The van der Waals surface area contributed by atoms with Crippen LogP contribution in [0.1, 0.15) is 27.0 Å². The zero-order chi connectivity index (χ0) is 18.2. The monoisotopic (exact) mass is 340 g/mol. The molecule has 0 aromatic heterocycles. The molecule has 0 saturated carbocycles. The fraction of sp³-hybridized carbons (Fsp3) is 0.300. The Labute approximate surface area is 148 Å². The minimum Gasteiger partial charge on any atom is -0.483 e. The van der Waals surface area contributed by atoms with Crippen molar-refractivity contribution in [2.45, 2.75) is 20.8 Å². The van der Waals surface area contributed by atoms with Crippen LogP contribution in [-0.4, -0.2) is 31.5 Å².